The number of hydrogen-bond acceptors (Lipinski definition) is 4. The first kappa shape index (κ1) is 31.3. The fourth-order valence-electron chi connectivity index (χ4n) is 3.66. The quantitative estimate of drug-likeness (QED) is 0.260. The summed E-state index contributed by atoms with van der Waals surface area (Å²) in [6.07, 6.45) is -7.18. The fourth-order valence-corrected chi connectivity index (χ4v) is 5.00. The van der Waals surface area contributed by atoms with Crippen LogP contribution in [-0.4, -0.2) is 36.6 Å². The van der Waals surface area contributed by atoms with Crippen molar-refractivity contribution in [3.63, 3.8) is 0 Å². The highest BCUT2D eigenvalue weighted by atomic mass is 35.5. The summed E-state index contributed by atoms with van der Waals surface area (Å²) in [6.45, 7) is 3.25. The van der Waals surface area contributed by atoms with Gasteiger partial charge in [-0.05, 0) is 42.7 Å². The number of hydrogen-bond donors (Lipinski definition) is 1. The number of anilines is 1. The van der Waals surface area contributed by atoms with Gasteiger partial charge in [0.15, 0.2) is 5.75 Å². The Labute approximate surface area is 222 Å². The maximum absolute atomic E-state index is 13.2. The third-order valence-electron chi connectivity index (χ3n) is 5.53. The minimum Gasteiger partial charge on any atom is -0.490 e. The van der Waals surface area contributed by atoms with Crippen LogP contribution in [-0.2, 0) is 22.7 Å². The normalized spacial score (nSPS) is 12.3. The van der Waals surface area contributed by atoms with Gasteiger partial charge in [-0.2, -0.15) is 31.4 Å². The molecule has 0 amide bonds. The largest absolute Gasteiger partial charge is 0.490 e. The standard InChI is InChI=1S/C24H25F6N3O3S.ClH/c1-3-20(4-2)36-21-7-5-6-19(12-21)33(37(34,35)15-23(25,26)27)14-17-13-31-32-22(17)16-8-10-18(11-9-16)24(28,29)30;/h5-13,20H,3-4,14-15H2,1-2H3,(H,31,32);1H. The first-order valence-corrected chi connectivity index (χ1v) is 12.9. The molecule has 0 aliphatic carbocycles. The van der Waals surface area contributed by atoms with Crippen molar-refractivity contribution >= 4 is 28.1 Å². The average molecular weight is 586 g/mol. The van der Waals surface area contributed by atoms with Gasteiger partial charge in [0, 0.05) is 11.6 Å². The number of ether oxygens (including phenoxy) is 1. The van der Waals surface area contributed by atoms with Crippen molar-refractivity contribution in [2.45, 2.75) is 51.7 Å². The van der Waals surface area contributed by atoms with Crippen LogP contribution in [0.3, 0.4) is 0 Å². The van der Waals surface area contributed by atoms with E-state index >= 15 is 0 Å². The van der Waals surface area contributed by atoms with Gasteiger partial charge in [0.2, 0.25) is 10.0 Å². The Morgan fingerprint density at radius 2 is 1.63 bits per heavy atom. The monoisotopic (exact) mass is 585 g/mol. The van der Waals surface area contributed by atoms with Crippen LogP contribution in [0.2, 0.25) is 0 Å². The summed E-state index contributed by atoms with van der Waals surface area (Å²) in [6, 6.07) is 9.73. The van der Waals surface area contributed by atoms with E-state index < -0.39 is 40.2 Å². The minimum atomic E-state index is -5.01. The molecule has 0 fully saturated rings. The van der Waals surface area contributed by atoms with Gasteiger partial charge in [-0.3, -0.25) is 9.40 Å². The summed E-state index contributed by atoms with van der Waals surface area (Å²) >= 11 is 0. The zero-order chi connectivity index (χ0) is 27.4. The van der Waals surface area contributed by atoms with Crippen LogP contribution in [0, 0.1) is 0 Å². The van der Waals surface area contributed by atoms with Crippen LogP contribution in [0.25, 0.3) is 11.3 Å². The van der Waals surface area contributed by atoms with E-state index in [2.05, 4.69) is 10.2 Å². The van der Waals surface area contributed by atoms with Crippen LogP contribution >= 0.6 is 12.4 Å². The van der Waals surface area contributed by atoms with E-state index in [1.807, 2.05) is 13.8 Å². The maximum Gasteiger partial charge on any atom is 0.416 e. The molecule has 0 unspecified atom stereocenters. The third kappa shape index (κ3) is 8.03. The Hall–Kier alpha value is -2.93. The van der Waals surface area contributed by atoms with Crippen molar-refractivity contribution in [3.05, 3.63) is 65.9 Å². The highest BCUT2D eigenvalue weighted by Crippen LogP contribution is 2.33. The van der Waals surface area contributed by atoms with Crippen LogP contribution in [0.15, 0.2) is 54.7 Å². The molecule has 3 rings (SSSR count). The molecule has 0 atom stereocenters. The fraction of sp³-hybridized carbons (Fsp3) is 0.375. The second-order valence-electron chi connectivity index (χ2n) is 8.28. The van der Waals surface area contributed by atoms with E-state index in [1.54, 1.807) is 6.07 Å². The molecule has 0 aliphatic rings. The van der Waals surface area contributed by atoms with Crippen LogP contribution < -0.4 is 9.04 Å². The number of nitrogens with one attached hydrogen (secondary N) is 1. The van der Waals surface area contributed by atoms with Crippen LogP contribution in [0.5, 0.6) is 5.75 Å². The first-order valence-electron chi connectivity index (χ1n) is 11.3. The molecule has 2 aromatic carbocycles. The molecule has 1 aromatic heterocycles. The predicted molar refractivity (Wildman–Crippen MR) is 134 cm³/mol. The number of alkyl halides is 6. The van der Waals surface area contributed by atoms with Gasteiger partial charge in [0.25, 0.3) is 0 Å². The lowest BCUT2D eigenvalue weighted by Gasteiger charge is -2.26. The van der Waals surface area contributed by atoms with Crippen molar-refractivity contribution < 1.29 is 39.5 Å². The van der Waals surface area contributed by atoms with Gasteiger partial charge in [-0.1, -0.05) is 32.0 Å². The number of nitrogens with zero attached hydrogens (tertiary/aromatic N) is 2. The number of benzene rings is 2. The molecular formula is C24H26ClF6N3O3S. The number of halogens is 7. The lowest BCUT2D eigenvalue weighted by molar-refractivity contribution is -0.137. The summed E-state index contributed by atoms with van der Waals surface area (Å²) in [5, 5.41) is 6.43. The molecule has 14 heteroatoms. The molecule has 3 aromatic rings. The van der Waals surface area contributed by atoms with Crippen molar-refractivity contribution in [3.8, 4) is 17.0 Å². The lowest BCUT2D eigenvalue weighted by Crippen LogP contribution is -2.37. The molecule has 0 bridgehead atoms. The van der Waals surface area contributed by atoms with Crippen molar-refractivity contribution in [2.24, 2.45) is 0 Å². The van der Waals surface area contributed by atoms with Gasteiger partial charge in [0.05, 0.1) is 35.8 Å². The van der Waals surface area contributed by atoms with Crippen molar-refractivity contribution in [1.29, 1.82) is 0 Å². The molecule has 1 heterocycles. The summed E-state index contributed by atoms with van der Waals surface area (Å²) in [4.78, 5) is 0. The zero-order valence-electron chi connectivity index (χ0n) is 20.3. The minimum absolute atomic E-state index is 0. The molecule has 1 N–H and O–H groups in total. The lowest BCUT2D eigenvalue weighted by atomic mass is 10.1. The molecule has 0 radical (unpaired) electrons. The maximum atomic E-state index is 13.2. The van der Waals surface area contributed by atoms with E-state index in [1.165, 1.54) is 36.5 Å². The molecule has 38 heavy (non-hydrogen) atoms. The number of aromatic nitrogens is 2. The zero-order valence-corrected chi connectivity index (χ0v) is 21.9. The van der Waals surface area contributed by atoms with Gasteiger partial charge < -0.3 is 4.74 Å². The third-order valence-corrected chi connectivity index (χ3v) is 7.24. The molecule has 210 valence electrons. The summed E-state index contributed by atoms with van der Waals surface area (Å²) in [5.41, 5.74) is -0.366. The summed E-state index contributed by atoms with van der Waals surface area (Å²) in [7, 11) is -4.93. The van der Waals surface area contributed by atoms with Crippen molar-refractivity contribution in [1.82, 2.24) is 10.2 Å². The Morgan fingerprint density at radius 1 is 1.00 bits per heavy atom. The van der Waals surface area contributed by atoms with Crippen LogP contribution in [0.1, 0.15) is 37.8 Å². The molecule has 6 nitrogen and oxygen atoms in total. The smallest absolute Gasteiger partial charge is 0.416 e. The molecule has 0 spiro atoms. The highest BCUT2D eigenvalue weighted by Gasteiger charge is 2.39. The Kier molecular flexibility index (Phi) is 10.1. The van der Waals surface area contributed by atoms with Gasteiger partial charge in [0.1, 0.15) is 5.75 Å². The van der Waals surface area contributed by atoms with E-state index in [-0.39, 0.29) is 46.8 Å². The van der Waals surface area contributed by atoms with Gasteiger partial charge in [-0.25, -0.2) is 8.42 Å². The second-order valence-corrected chi connectivity index (χ2v) is 10.2. The van der Waals surface area contributed by atoms with E-state index in [0.717, 1.165) is 12.1 Å². The number of sulfonamides is 1. The second kappa shape index (κ2) is 12.3. The SMILES string of the molecule is CCC(CC)Oc1cccc(N(Cc2cn[nH]c2-c2ccc(C(F)(F)F)cc2)S(=O)(=O)CC(F)(F)F)c1.Cl. The molecule has 0 saturated carbocycles. The Bertz CT molecular complexity index is 1290. The first-order chi connectivity index (χ1) is 17.2. The molecule has 0 aliphatic heterocycles. The summed E-state index contributed by atoms with van der Waals surface area (Å²) in [5.74, 6) is -1.82. The van der Waals surface area contributed by atoms with E-state index in [9.17, 15) is 34.8 Å². The molecule has 0 saturated heterocycles. The van der Waals surface area contributed by atoms with E-state index in [0.29, 0.717) is 17.1 Å². The van der Waals surface area contributed by atoms with Gasteiger partial charge in [-0.15, -0.1) is 12.4 Å². The Morgan fingerprint density at radius 3 is 2.18 bits per heavy atom. The highest BCUT2D eigenvalue weighted by molar-refractivity contribution is 7.92. The number of rotatable bonds is 10. The number of H-pyrrole nitrogens is 1. The van der Waals surface area contributed by atoms with Gasteiger partial charge >= 0.3 is 12.4 Å². The number of aromatic amines is 1. The van der Waals surface area contributed by atoms with Crippen LogP contribution in [0.4, 0.5) is 32.0 Å². The van der Waals surface area contributed by atoms with E-state index in [4.69, 9.17) is 4.74 Å². The predicted octanol–water partition coefficient (Wildman–Crippen LogP) is 6.98. The van der Waals surface area contributed by atoms with Crippen molar-refractivity contribution in [2.75, 3.05) is 10.1 Å². The topological polar surface area (TPSA) is 75.3 Å². The Balaban J connectivity index is 0.00000507. The average Bonchev–Trinajstić information content (AvgIpc) is 3.27. The summed E-state index contributed by atoms with van der Waals surface area (Å²) < 4.78 is 111. The molecular weight excluding hydrogens is 560 g/mol.